The maximum Gasteiger partial charge on any atom is 0.324 e. The number of esters is 2. The van der Waals surface area contributed by atoms with Gasteiger partial charge in [-0.1, -0.05) is 30.3 Å². The van der Waals surface area contributed by atoms with Crippen LogP contribution in [-0.2, 0) is 23.9 Å². The summed E-state index contributed by atoms with van der Waals surface area (Å²) >= 11 is 0. The molecule has 1 aromatic carbocycles. The van der Waals surface area contributed by atoms with Gasteiger partial charge in [0.2, 0.25) is 0 Å². The number of carbonyl (C=O) groups excluding carboxylic acids is 3. The number of hydrogen-bond acceptors (Lipinski definition) is 5. The van der Waals surface area contributed by atoms with Crippen molar-refractivity contribution in [1.29, 1.82) is 0 Å². The minimum atomic E-state index is -1.37. The number of benzene rings is 1. The molecule has 0 aliphatic rings. The molecule has 5 nitrogen and oxygen atoms in total. The minimum absolute atomic E-state index is 0.00935. The summed E-state index contributed by atoms with van der Waals surface area (Å²) in [6, 6.07) is 8.86. The SMILES string of the molecule is COC(=O)C(C(=O)OC)/C(C=O)=C\c1ccccc1. The number of ether oxygens (including phenoxy) is 2. The second-order valence-corrected chi connectivity index (χ2v) is 3.65. The van der Waals surface area contributed by atoms with E-state index in [-0.39, 0.29) is 5.57 Å². The van der Waals surface area contributed by atoms with E-state index in [0.717, 1.165) is 14.2 Å². The summed E-state index contributed by atoms with van der Waals surface area (Å²) in [7, 11) is 2.28. The first-order valence-electron chi connectivity index (χ1n) is 5.51. The van der Waals surface area contributed by atoms with Gasteiger partial charge in [0.25, 0.3) is 0 Å². The summed E-state index contributed by atoms with van der Waals surface area (Å²) in [6.07, 6.45) is 1.90. The molecule has 0 N–H and O–H groups in total. The van der Waals surface area contributed by atoms with Gasteiger partial charge in [0.1, 0.15) is 6.29 Å². The Morgan fingerprint density at radius 2 is 1.58 bits per heavy atom. The van der Waals surface area contributed by atoms with Gasteiger partial charge < -0.3 is 9.47 Å². The molecular weight excluding hydrogens is 248 g/mol. The molecule has 0 aliphatic heterocycles. The van der Waals surface area contributed by atoms with E-state index in [2.05, 4.69) is 9.47 Å². The first-order valence-corrected chi connectivity index (χ1v) is 5.51. The van der Waals surface area contributed by atoms with Crippen molar-refractivity contribution >= 4 is 24.3 Å². The van der Waals surface area contributed by atoms with Gasteiger partial charge in [-0.15, -0.1) is 0 Å². The second-order valence-electron chi connectivity index (χ2n) is 3.65. The van der Waals surface area contributed by atoms with Gasteiger partial charge in [0, 0.05) is 5.57 Å². The van der Waals surface area contributed by atoms with E-state index in [4.69, 9.17) is 0 Å². The zero-order chi connectivity index (χ0) is 14.3. The van der Waals surface area contributed by atoms with Crippen molar-refractivity contribution in [3.63, 3.8) is 0 Å². The summed E-state index contributed by atoms with van der Waals surface area (Å²) in [5.41, 5.74) is 0.687. The highest BCUT2D eigenvalue weighted by Crippen LogP contribution is 2.17. The Kier molecular flexibility index (Phi) is 5.47. The topological polar surface area (TPSA) is 69.7 Å². The molecule has 0 fully saturated rings. The van der Waals surface area contributed by atoms with Crippen LogP contribution in [0.25, 0.3) is 6.08 Å². The van der Waals surface area contributed by atoms with Crippen molar-refractivity contribution in [2.24, 2.45) is 5.92 Å². The molecule has 0 saturated carbocycles. The molecule has 0 saturated heterocycles. The van der Waals surface area contributed by atoms with Crippen molar-refractivity contribution in [3.8, 4) is 0 Å². The lowest BCUT2D eigenvalue weighted by Crippen LogP contribution is -2.28. The van der Waals surface area contributed by atoms with Crippen molar-refractivity contribution in [2.75, 3.05) is 14.2 Å². The zero-order valence-corrected chi connectivity index (χ0v) is 10.7. The summed E-state index contributed by atoms with van der Waals surface area (Å²) in [5.74, 6) is -3.03. The summed E-state index contributed by atoms with van der Waals surface area (Å²) in [6.45, 7) is 0. The van der Waals surface area contributed by atoms with Crippen LogP contribution >= 0.6 is 0 Å². The fraction of sp³-hybridized carbons (Fsp3) is 0.214. The molecule has 0 bridgehead atoms. The molecule has 0 aromatic heterocycles. The lowest BCUT2D eigenvalue weighted by molar-refractivity contribution is -0.157. The van der Waals surface area contributed by atoms with E-state index in [1.54, 1.807) is 24.3 Å². The molecule has 5 heteroatoms. The monoisotopic (exact) mass is 262 g/mol. The third kappa shape index (κ3) is 3.77. The van der Waals surface area contributed by atoms with Gasteiger partial charge in [-0.05, 0) is 11.6 Å². The average molecular weight is 262 g/mol. The molecule has 100 valence electrons. The van der Waals surface area contributed by atoms with Crippen LogP contribution in [0.15, 0.2) is 35.9 Å². The Balaban J connectivity index is 3.17. The molecule has 0 unspecified atom stereocenters. The number of aldehydes is 1. The standard InChI is InChI=1S/C14H14O5/c1-18-13(16)12(14(17)19-2)11(9-15)8-10-6-4-3-5-7-10/h3-9,12H,1-2H3/b11-8-. The lowest BCUT2D eigenvalue weighted by atomic mass is 9.98. The van der Waals surface area contributed by atoms with Crippen molar-refractivity contribution < 1.29 is 23.9 Å². The molecule has 0 spiro atoms. The molecule has 1 aromatic rings. The van der Waals surface area contributed by atoms with Crippen LogP contribution in [0.3, 0.4) is 0 Å². The van der Waals surface area contributed by atoms with Crippen LogP contribution in [-0.4, -0.2) is 32.4 Å². The van der Waals surface area contributed by atoms with E-state index in [9.17, 15) is 14.4 Å². The van der Waals surface area contributed by atoms with Crippen molar-refractivity contribution in [3.05, 3.63) is 41.5 Å². The van der Waals surface area contributed by atoms with E-state index < -0.39 is 17.9 Å². The van der Waals surface area contributed by atoms with Crippen molar-refractivity contribution in [2.45, 2.75) is 0 Å². The number of hydrogen-bond donors (Lipinski definition) is 0. The predicted molar refractivity (Wildman–Crippen MR) is 68.0 cm³/mol. The molecular formula is C14H14O5. The zero-order valence-electron chi connectivity index (χ0n) is 10.7. The third-order valence-corrected chi connectivity index (χ3v) is 2.48. The Hall–Kier alpha value is -2.43. The predicted octanol–water partition coefficient (Wildman–Crippen LogP) is 1.23. The quantitative estimate of drug-likeness (QED) is 0.345. The number of rotatable bonds is 5. The fourth-order valence-corrected chi connectivity index (χ4v) is 1.53. The highest BCUT2D eigenvalue weighted by molar-refractivity contribution is 6.05. The summed E-state index contributed by atoms with van der Waals surface area (Å²) in [5, 5.41) is 0. The van der Waals surface area contributed by atoms with Crippen LogP contribution < -0.4 is 0 Å². The van der Waals surface area contributed by atoms with Gasteiger partial charge in [0.05, 0.1) is 14.2 Å². The Morgan fingerprint density at radius 3 is 2.00 bits per heavy atom. The van der Waals surface area contributed by atoms with Crippen LogP contribution in [0.4, 0.5) is 0 Å². The molecule has 0 atom stereocenters. The second kappa shape index (κ2) is 7.10. The maximum atomic E-state index is 11.6. The fourth-order valence-electron chi connectivity index (χ4n) is 1.53. The Labute approximate surface area is 110 Å². The highest BCUT2D eigenvalue weighted by atomic mass is 16.5. The normalized spacial score (nSPS) is 11.0. The van der Waals surface area contributed by atoms with E-state index in [1.165, 1.54) is 6.08 Å². The van der Waals surface area contributed by atoms with E-state index in [1.807, 2.05) is 6.07 Å². The molecule has 0 aliphatic carbocycles. The summed E-state index contributed by atoms with van der Waals surface area (Å²) < 4.78 is 9.03. The molecule has 0 heterocycles. The van der Waals surface area contributed by atoms with Gasteiger partial charge in [0.15, 0.2) is 5.92 Å². The van der Waals surface area contributed by atoms with E-state index >= 15 is 0 Å². The van der Waals surface area contributed by atoms with Gasteiger partial charge in [-0.2, -0.15) is 0 Å². The van der Waals surface area contributed by atoms with E-state index in [0.29, 0.717) is 11.8 Å². The maximum absolute atomic E-state index is 11.6. The number of carbonyl (C=O) groups is 3. The lowest BCUT2D eigenvalue weighted by Gasteiger charge is -2.12. The van der Waals surface area contributed by atoms with Gasteiger partial charge in [-0.25, -0.2) is 0 Å². The van der Waals surface area contributed by atoms with Crippen LogP contribution in [0, 0.1) is 5.92 Å². The first kappa shape index (κ1) is 14.6. The molecule has 1 rings (SSSR count). The number of methoxy groups -OCH3 is 2. The van der Waals surface area contributed by atoms with Crippen LogP contribution in [0.2, 0.25) is 0 Å². The van der Waals surface area contributed by atoms with Gasteiger partial charge >= 0.3 is 11.9 Å². The summed E-state index contributed by atoms with van der Waals surface area (Å²) in [4.78, 5) is 34.3. The van der Waals surface area contributed by atoms with Crippen LogP contribution in [0.5, 0.6) is 0 Å². The molecule has 0 radical (unpaired) electrons. The largest absolute Gasteiger partial charge is 0.468 e. The van der Waals surface area contributed by atoms with Crippen molar-refractivity contribution in [1.82, 2.24) is 0 Å². The minimum Gasteiger partial charge on any atom is -0.468 e. The van der Waals surface area contributed by atoms with Gasteiger partial charge in [-0.3, -0.25) is 14.4 Å². The Bertz CT molecular complexity index is 474. The smallest absolute Gasteiger partial charge is 0.324 e. The highest BCUT2D eigenvalue weighted by Gasteiger charge is 2.32. The molecule has 19 heavy (non-hydrogen) atoms. The first-order chi connectivity index (χ1) is 9.13. The Morgan fingerprint density at radius 1 is 1.05 bits per heavy atom. The third-order valence-electron chi connectivity index (χ3n) is 2.48. The van der Waals surface area contributed by atoms with Crippen LogP contribution in [0.1, 0.15) is 5.56 Å². The average Bonchev–Trinajstić information content (AvgIpc) is 2.46. The molecule has 0 amide bonds.